The lowest BCUT2D eigenvalue weighted by Crippen LogP contribution is -2.49. The van der Waals surface area contributed by atoms with E-state index >= 15 is 0 Å². The summed E-state index contributed by atoms with van der Waals surface area (Å²) in [6.45, 7) is 0. The van der Waals surface area contributed by atoms with Crippen LogP contribution in [0.2, 0.25) is 0 Å². The molecule has 1 aromatic carbocycles. The highest BCUT2D eigenvalue weighted by molar-refractivity contribution is 6.03. The van der Waals surface area contributed by atoms with E-state index in [0.717, 1.165) is 22.9 Å². The van der Waals surface area contributed by atoms with Crippen LogP contribution in [0.25, 0.3) is 10.9 Å². The average molecular weight is 333 g/mol. The second kappa shape index (κ2) is 5.84. The Kier molecular flexibility index (Phi) is 3.64. The van der Waals surface area contributed by atoms with Crippen LogP contribution in [0.1, 0.15) is 35.2 Å². The van der Waals surface area contributed by atoms with E-state index < -0.39 is 5.54 Å². The first-order valence-electron chi connectivity index (χ1n) is 8.42. The zero-order valence-electron chi connectivity index (χ0n) is 14.0. The van der Waals surface area contributed by atoms with Gasteiger partial charge in [0.2, 0.25) is 0 Å². The second-order valence-electron chi connectivity index (χ2n) is 6.55. The molecule has 25 heavy (non-hydrogen) atoms. The third-order valence-corrected chi connectivity index (χ3v) is 5.04. The average Bonchev–Trinajstić information content (AvgIpc) is 3.17. The van der Waals surface area contributed by atoms with Crippen LogP contribution < -0.4 is 5.32 Å². The smallest absolute Gasteiger partial charge is 0.253 e. The summed E-state index contributed by atoms with van der Waals surface area (Å²) in [6, 6.07) is 11.4. The van der Waals surface area contributed by atoms with Crippen LogP contribution in [-0.4, -0.2) is 21.2 Å². The molecule has 1 saturated carbocycles. The van der Waals surface area contributed by atoms with Crippen molar-refractivity contribution >= 4 is 22.6 Å². The maximum atomic E-state index is 12.9. The standard InChI is InChI=1S/C20H19N3O2/c1-23-13-16(15-7-2-3-8-17(15)23)20(10-4-9-18(20)24)22-19(25)14-6-5-11-21-12-14/h2-3,5-8,11-13H,4,9-10H2,1H3,(H,22,25). The minimum Gasteiger partial charge on any atom is -0.350 e. The first-order chi connectivity index (χ1) is 12.1. The summed E-state index contributed by atoms with van der Waals surface area (Å²) < 4.78 is 2.01. The maximum absolute atomic E-state index is 12.9. The summed E-state index contributed by atoms with van der Waals surface area (Å²) in [5.74, 6) is -0.197. The predicted octanol–water partition coefficient (Wildman–Crippen LogP) is 2.95. The molecule has 1 N–H and O–H groups in total. The minimum absolute atomic E-state index is 0.0705. The van der Waals surface area contributed by atoms with E-state index in [4.69, 9.17) is 0 Å². The first kappa shape index (κ1) is 15.6. The predicted molar refractivity (Wildman–Crippen MR) is 95.2 cm³/mol. The van der Waals surface area contributed by atoms with Crippen LogP contribution in [0.4, 0.5) is 0 Å². The fraction of sp³-hybridized carbons (Fsp3) is 0.250. The van der Waals surface area contributed by atoms with E-state index in [0.29, 0.717) is 18.4 Å². The molecule has 1 fully saturated rings. The highest BCUT2D eigenvalue weighted by atomic mass is 16.2. The molecule has 0 bridgehead atoms. The summed E-state index contributed by atoms with van der Waals surface area (Å²) in [6.07, 6.45) is 6.98. The molecule has 1 aliphatic rings. The molecular weight excluding hydrogens is 314 g/mol. The molecule has 1 unspecified atom stereocenters. The number of pyridine rings is 1. The summed E-state index contributed by atoms with van der Waals surface area (Å²) >= 11 is 0. The SMILES string of the molecule is Cn1cc(C2(NC(=O)c3cccnc3)CCCC2=O)c2ccccc21. The third kappa shape index (κ3) is 2.43. The molecule has 0 spiro atoms. The number of hydrogen-bond donors (Lipinski definition) is 1. The van der Waals surface area contributed by atoms with Gasteiger partial charge in [-0.25, -0.2) is 0 Å². The number of rotatable bonds is 3. The van der Waals surface area contributed by atoms with Crippen molar-refractivity contribution < 1.29 is 9.59 Å². The number of benzene rings is 1. The number of nitrogens with one attached hydrogen (secondary N) is 1. The highest BCUT2D eigenvalue weighted by Gasteiger charge is 2.46. The zero-order chi connectivity index (χ0) is 17.4. The molecule has 2 heterocycles. The van der Waals surface area contributed by atoms with Gasteiger partial charge in [-0.3, -0.25) is 14.6 Å². The Morgan fingerprint density at radius 3 is 2.80 bits per heavy atom. The van der Waals surface area contributed by atoms with Crippen LogP contribution in [-0.2, 0) is 17.4 Å². The number of aromatic nitrogens is 2. The highest BCUT2D eigenvalue weighted by Crippen LogP contribution is 2.40. The number of carbonyl (C=O) groups is 2. The van der Waals surface area contributed by atoms with Gasteiger partial charge in [-0.15, -0.1) is 0 Å². The van der Waals surface area contributed by atoms with Gasteiger partial charge in [0, 0.05) is 48.5 Å². The number of fused-ring (bicyclic) bond motifs is 1. The number of Topliss-reactive ketones (excluding diaryl/α,β-unsaturated/α-hetero) is 1. The number of carbonyl (C=O) groups excluding carboxylic acids is 2. The number of ketones is 1. The van der Waals surface area contributed by atoms with Crippen LogP contribution in [0.15, 0.2) is 55.0 Å². The molecule has 1 amide bonds. The Labute approximate surface area is 145 Å². The van der Waals surface area contributed by atoms with Gasteiger partial charge < -0.3 is 9.88 Å². The van der Waals surface area contributed by atoms with E-state index in [2.05, 4.69) is 10.3 Å². The van der Waals surface area contributed by atoms with Crippen LogP contribution in [0.3, 0.4) is 0 Å². The Balaban J connectivity index is 1.83. The Hall–Kier alpha value is -2.95. The molecule has 5 heteroatoms. The summed E-state index contributed by atoms with van der Waals surface area (Å²) in [5, 5.41) is 4.04. The summed E-state index contributed by atoms with van der Waals surface area (Å²) in [5.41, 5.74) is 1.42. The van der Waals surface area contributed by atoms with Gasteiger partial charge in [-0.2, -0.15) is 0 Å². The fourth-order valence-corrected chi connectivity index (χ4v) is 3.80. The van der Waals surface area contributed by atoms with Crippen molar-refractivity contribution in [3.8, 4) is 0 Å². The molecule has 5 nitrogen and oxygen atoms in total. The van der Waals surface area contributed by atoms with Gasteiger partial charge in [-0.1, -0.05) is 18.2 Å². The Morgan fingerprint density at radius 2 is 2.08 bits per heavy atom. The Bertz CT molecular complexity index is 961. The molecule has 0 radical (unpaired) electrons. The first-order valence-corrected chi connectivity index (χ1v) is 8.42. The van der Waals surface area contributed by atoms with Gasteiger partial charge in [0.05, 0.1) is 5.56 Å². The third-order valence-electron chi connectivity index (χ3n) is 5.04. The molecule has 2 aromatic heterocycles. The van der Waals surface area contributed by atoms with E-state index in [1.54, 1.807) is 18.3 Å². The zero-order valence-corrected chi connectivity index (χ0v) is 14.0. The van der Waals surface area contributed by atoms with E-state index in [1.165, 1.54) is 6.20 Å². The topological polar surface area (TPSA) is 64.0 Å². The van der Waals surface area contributed by atoms with Crippen molar-refractivity contribution in [2.24, 2.45) is 7.05 Å². The Morgan fingerprint density at radius 1 is 1.24 bits per heavy atom. The molecule has 1 aliphatic carbocycles. The largest absolute Gasteiger partial charge is 0.350 e. The molecule has 4 rings (SSSR count). The van der Waals surface area contributed by atoms with Crippen molar-refractivity contribution in [3.05, 3.63) is 66.1 Å². The lowest BCUT2D eigenvalue weighted by atomic mass is 9.86. The van der Waals surface area contributed by atoms with Crippen LogP contribution in [0.5, 0.6) is 0 Å². The van der Waals surface area contributed by atoms with E-state index in [9.17, 15) is 9.59 Å². The van der Waals surface area contributed by atoms with Gasteiger partial charge in [-0.05, 0) is 31.0 Å². The van der Waals surface area contributed by atoms with E-state index in [1.807, 2.05) is 42.1 Å². The molecule has 3 aromatic rings. The molecule has 126 valence electrons. The van der Waals surface area contributed by atoms with E-state index in [-0.39, 0.29) is 11.7 Å². The maximum Gasteiger partial charge on any atom is 0.253 e. The molecular formula is C20H19N3O2. The number of para-hydroxylation sites is 1. The molecule has 0 saturated heterocycles. The van der Waals surface area contributed by atoms with Crippen molar-refractivity contribution in [1.29, 1.82) is 0 Å². The van der Waals surface area contributed by atoms with Crippen molar-refractivity contribution in [1.82, 2.24) is 14.9 Å². The number of amides is 1. The van der Waals surface area contributed by atoms with Gasteiger partial charge in [0.1, 0.15) is 5.54 Å². The lowest BCUT2D eigenvalue weighted by molar-refractivity contribution is -0.123. The van der Waals surface area contributed by atoms with Gasteiger partial charge in [0.15, 0.2) is 5.78 Å². The normalized spacial score (nSPS) is 20.1. The van der Waals surface area contributed by atoms with Crippen molar-refractivity contribution in [2.45, 2.75) is 24.8 Å². The van der Waals surface area contributed by atoms with Crippen molar-refractivity contribution in [3.63, 3.8) is 0 Å². The lowest BCUT2D eigenvalue weighted by Gasteiger charge is -2.29. The quantitative estimate of drug-likeness (QED) is 0.801. The minimum atomic E-state index is -0.964. The molecule has 1 atom stereocenters. The van der Waals surface area contributed by atoms with Crippen LogP contribution in [0, 0.1) is 0 Å². The monoisotopic (exact) mass is 333 g/mol. The van der Waals surface area contributed by atoms with Crippen molar-refractivity contribution in [2.75, 3.05) is 0 Å². The van der Waals surface area contributed by atoms with Gasteiger partial charge >= 0.3 is 0 Å². The summed E-state index contributed by atoms with van der Waals surface area (Å²) in [4.78, 5) is 29.6. The number of aryl methyl sites for hydroxylation is 1. The number of nitrogens with zero attached hydrogens (tertiary/aromatic N) is 2. The molecule has 0 aliphatic heterocycles. The fourth-order valence-electron chi connectivity index (χ4n) is 3.80. The van der Waals surface area contributed by atoms with Crippen LogP contribution >= 0.6 is 0 Å². The number of hydrogen-bond acceptors (Lipinski definition) is 3. The summed E-state index contributed by atoms with van der Waals surface area (Å²) in [7, 11) is 1.96. The second-order valence-corrected chi connectivity index (χ2v) is 6.55. The van der Waals surface area contributed by atoms with Gasteiger partial charge in [0.25, 0.3) is 5.91 Å².